The maximum Gasteiger partial charge on any atom is 0.314 e. The average Bonchev–Trinajstić information content (AvgIpc) is 2.97. The highest BCUT2D eigenvalue weighted by atomic mass is 32.2. The van der Waals surface area contributed by atoms with E-state index in [4.69, 9.17) is 4.74 Å². The molecule has 0 saturated heterocycles. The lowest BCUT2D eigenvalue weighted by atomic mass is 9.65. The van der Waals surface area contributed by atoms with E-state index in [0.29, 0.717) is 11.1 Å². The summed E-state index contributed by atoms with van der Waals surface area (Å²) in [7, 11) is -4.37. The van der Waals surface area contributed by atoms with Gasteiger partial charge in [-0.05, 0) is 66.4 Å². The summed E-state index contributed by atoms with van der Waals surface area (Å²) in [6, 6.07) is 28.5. The summed E-state index contributed by atoms with van der Waals surface area (Å²) in [5.74, 6) is -2.31. The van der Waals surface area contributed by atoms with E-state index in [0.717, 1.165) is 20.6 Å². The van der Waals surface area contributed by atoms with Crippen LogP contribution in [0.5, 0.6) is 0 Å². The monoisotopic (exact) mass is 553 g/mol. The predicted molar refractivity (Wildman–Crippen MR) is 156 cm³/mol. The minimum atomic E-state index is -4.37. The summed E-state index contributed by atoms with van der Waals surface area (Å²) in [6.45, 7) is 5.50. The van der Waals surface area contributed by atoms with Crippen LogP contribution in [0.2, 0.25) is 0 Å². The quantitative estimate of drug-likeness (QED) is 0.253. The van der Waals surface area contributed by atoms with Crippen molar-refractivity contribution in [3.8, 4) is 0 Å². The summed E-state index contributed by atoms with van der Waals surface area (Å²) in [5, 5.41) is 1.85. The molecule has 0 saturated carbocycles. The van der Waals surface area contributed by atoms with E-state index < -0.39 is 33.2 Å². The van der Waals surface area contributed by atoms with Crippen molar-refractivity contribution in [2.24, 2.45) is 5.92 Å². The number of carbonyl (C=O) groups is 2. The number of sulfonamides is 1. The number of hydrogen-bond acceptors (Lipinski definition) is 5. The number of benzene rings is 4. The van der Waals surface area contributed by atoms with Crippen molar-refractivity contribution in [3.05, 3.63) is 120 Å². The van der Waals surface area contributed by atoms with E-state index in [9.17, 15) is 18.0 Å². The fraction of sp³-hybridized carbons (Fsp3) is 0.212. The molecule has 0 spiro atoms. The van der Waals surface area contributed by atoms with Gasteiger partial charge in [-0.2, -0.15) is 0 Å². The molecule has 0 unspecified atom stereocenters. The van der Waals surface area contributed by atoms with Gasteiger partial charge in [0.15, 0.2) is 0 Å². The number of ether oxygens (including phenoxy) is 1. The predicted octanol–water partition coefficient (Wildman–Crippen LogP) is 6.25. The Morgan fingerprint density at radius 1 is 0.875 bits per heavy atom. The molecule has 40 heavy (non-hydrogen) atoms. The van der Waals surface area contributed by atoms with Gasteiger partial charge in [0.05, 0.1) is 28.5 Å². The number of hydrogen-bond donors (Lipinski definition) is 0. The molecule has 0 N–H and O–H groups in total. The van der Waals surface area contributed by atoms with Crippen LogP contribution in [0.4, 0.5) is 0 Å². The van der Waals surface area contributed by atoms with Crippen LogP contribution in [0.25, 0.3) is 16.5 Å². The molecule has 1 aliphatic rings. The van der Waals surface area contributed by atoms with Crippen LogP contribution in [0.1, 0.15) is 37.0 Å². The van der Waals surface area contributed by atoms with Gasteiger partial charge >= 0.3 is 5.97 Å². The molecule has 5 rings (SSSR count). The molecule has 4 aromatic carbocycles. The first-order valence-electron chi connectivity index (χ1n) is 13.3. The number of aryl methyl sites for hydroxylation is 1. The standard InChI is InChI=1S/C33H31NO5S/c1-4-33(27-13-7-6-8-14-27)29(31(35)39-5-2)22-30(26-18-17-24-11-9-10-12-25(24)21-26)34(32(33)36)40(37,38)28-19-15-23(3)16-20-28/h6-22,29H,4-5H2,1-3H3/t29-,33-/m1/s1. The summed E-state index contributed by atoms with van der Waals surface area (Å²) in [4.78, 5) is 28.4. The van der Waals surface area contributed by atoms with Gasteiger partial charge in [-0.1, -0.05) is 91.3 Å². The van der Waals surface area contributed by atoms with E-state index in [1.807, 2.05) is 49.4 Å². The molecule has 0 aromatic heterocycles. The number of rotatable bonds is 7. The number of carbonyl (C=O) groups excluding carboxylic acids is 2. The van der Waals surface area contributed by atoms with Gasteiger partial charge in [0.25, 0.3) is 15.9 Å². The zero-order valence-electron chi connectivity index (χ0n) is 22.7. The summed E-state index contributed by atoms with van der Waals surface area (Å²) in [6.07, 6.45) is 1.78. The average molecular weight is 554 g/mol. The van der Waals surface area contributed by atoms with Gasteiger partial charge in [-0.3, -0.25) is 9.59 Å². The van der Waals surface area contributed by atoms with E-state index >= 15 is 0 Å². The van der Waals surface area contributed by atoms with Gasteiger partial charge in [0.1, 0.15) is 0 Å². The summed E-state index contributed by atoms with van der Waals surface area (Å²) < 4.78 is 35.1. The molecule has 0 radical (unpaired) electrons. The number of nitrogens with zero attached hydrogens (tertiary/aromatic N) is 1. The van der Waals surface area contributed by atoms with Crippen LogP contribution in [0, 0.1) is 12.8 Å². The minimum Gasteiger partial charge on any atom is -0.466 e. The van der Waals surface area contributed by atoms with Crippen LogP contribution < -0.4 is 0 Å². The number of esters is 1. The van der Waals surface area contributed by atoms with Gasteiger partial charge in [-0.25, -0.2) is 12.7 Å². The molecule has 1 amide bonds. The first kappa shape index (κ1) is 27.3. The van der Waals surface area contributed by atoms with Crippen molar-refractivity contribution >= 4 is 38.4 Å². The second kappa shape index (κ2) is 10.7. The van der Waals surface area contributed by atoms with Crippen LogP contribution in [0.15, 0.2) is 108 Å². The van der Waals surface area contributed by atoms with Crippen LogP contribution in [-0.4, -0.2) is 31.2 Å². The zero-order chi connectivity index (χ0) is 28.5. The van der Waals surface area contributed by atoms with Crippen molar-refractivity contribution in [1.29, 1.82) is 0 Å². The van der Waals surface area contributed by atoms with Crippen LogP contribution in [-0.2, 0) is 29.8 Å². The van der Waals surface area contributed by atoms with Crippen molar-refractivity contribution in [1.82, 2.24) is 4.31 Å². The summed E-state index contributed by atoms with van der Waals surface area (Å²) in [5.41, 5.74) is 0.595. The fourth-order valence-corrected chi connectivity index (χ4v) is 7.02. The summed E-state index contributed by atoms with van der Waals surface area (Å²) >= 11 is 0. The highest BCUT2D eigenvalue weighted by Crippen LogP contribution is 2.47. The van der Waals surface area contributed by atoms with Gasteiger partial charge in [-0.15, -0.1) is 0 Å². The highest BCUT2D eigenvalue weighted by molar-refractivity contribution is 7.90. The van der Waals surface area contributed by atoms with Crippen LogP contribution >= 0.6 is 0 Å². The Morgan fingerprint density at radius 2 is 1.52 bits per heavy atom. The third-order valence-electron chi connectivity index (χ3n) is 7.63. The minimum absolute atomic E-state index is 0.00853. The smallest absolute Gasteiger partial charge is 0.314 e. The Morgan fingerprint density at radius 3 is 2.17 bits per heavy atom. The Balaban J connectivity index is 1.83. The largest absolute Gasteiger partial charge is 0.466 e. The lowest BCUT2D eigenvalue weighted by Gasteiger charge is -2.44. The zero-order valence-corrected chi connectivity index (χ0v) is 23.5. The number of fused-ring (bicyclic) bond motifs is 1. The second-order valence-corrected chi connectivity index (χ2v) is 11.7. The topological polar surface area (TPSA) is 80.8 Å². The van der Waals surface area contributed by atoms with E-state index in [1.165, 1.54) is 12.1 Å². The van der Waals surface area contributed by atoms with Crippen molar-refractivity contribution in [2.75, 3.05) is 6.61 Å². The molecule has 7 heteroatoms. The van der Waals surface area contributed by atoms with E-state index in [1.54, 1.807) is 62.4 Å². The molecular weight excluding hydrogens is 522 g/mol. The van der Waals surface area contributed by atoms with Gasteiger partial charge < -0.3 is 4.74 Å². The SMILES string of the molecule is CCOC(=O)[C@H]1C=C(c2ccc3ccccc3c2)N(S(=O)(=O)c2ccc(C)cc2)C(=O)[C@]1(CC)c1ccccc1. The molecule has 6 nitrogen and oxygen atoms in total. The fourth-order valence-electron chi connectivity index (χ4n) is 5.52. The first-order valence-corrected chi connectivity index (χ1v) is 14.8. The lowest BCUT2D eigenvalue weighted by molar-refractivity contribution is -0.153. The third kappa shape index (κ3) is 4.50. The first-order chi connectivity index (χ1) is 19.2. The maximum atomic E-state index is 14.8. The molecule has 1 heterocycles. The molecule has 0 aliphatic carbocycles. The van der Waals surface area contributed by atoms with Gasteiger partial charge in [0.2, 0.25) is 0 Å². The normalized spacial score (nSPS) is 19.4. The third-order valence-corrected chi connectivity index (χ3v) is 9.34. The molecular formula is C33H31NO5S. The Labute approximate surface area is 235 Å². The van der Waals surface area contributed by atoms with Crippen molar-refractivity contribution in [3.63, 3.8) is 0 Å². The molecule has 2 atom stereocenters. The Hall–Kier alpha value is -4.23. The van der Waals surface area contributed by atoms with Crippen LogP contribution in [0.3, 0.4) is 0 Å². The number of amides is 1. The van der Waals surface area contributed by atoms with E-state index in [-0.39, 0.29) is 23.6 Å². The Bertz CT molecular complexity index is 1710. The molecule has 0 bridgehead atoms. The van der Waals surface area contributed by atoms with Crippen molar-refractivity contribution < 1.29 is 22.7 Å². The maximum absolute atomic E-state index is 14.8. The molecule has 4 aromatic rings. The van der Waals surface area contributed by atoms with Crippen molar-refractivity contribution in [2.45, 2.75) is 37.5 Å². The Kier molecular flexibility index (Phi) is 7.34. The van der Waals surface area contributed by atoms with Gasteiger partial charge in [0, 0.05) is 0 Å². The molecule has 1 aliphatic heterocycles. The highest BCUT2D eigenvalue weighted by Gasteiger charge is 2.57. The molecule has 0 fully saturated rings. The molecule has 204 valence electrons. The lowest BCUT2D eigenvalue weighted by Crippen LogP contribution is -2.56. The van der Waals surface area contributed by atoms with E-state index in [2.05, 4.69) is 0 Å². The second-order valence-electron chi connectivity index (χ2n) is 9.92.